The molecule has 4 nitrogen and oxygen atoms in total. The molecule has 1 aliphatic rings. The molecule has 26 heavy (non-hydrogen) atoms. The van der Waals surface area contributed by atoms with E-state index in [4.69, 9.17) is 9.47 Å². The first-order valence-electron chi connectivity index (χ1n) is 8.50. The van der Waals surface area contributed by atoms with Gasteiger partial charge in [-0.1, -0.05) is 18.2 Å². The number of methoxy groups -OCH3 is 1. The lowest BCUT2D eigenvalue weighted by molar-refractivity contribution is 0.0479. The highest BCUT2D eigenvalue weighted by Gasteiger charge is 2.37. The number of carbonyl (C=O) groups excluding carboxylic acids is 1. The standard InChI is InChI=1S/C20H21F2NO3/c1-25-18-5-3-2-4-15(18)20(8-10-26-11-9-20)13-23-19(24)14-6-7-16(21)17(22)12-14/h2-7,12H,8-11,13H2,1H3,(H,23,24). The van der Waals surface area contributed by atoms with Gasteiger partial charge < -0.3 is 14.8 Å². The predicted octanol–water partition coefficient (Wildman–Crippen LogP) is 3.45. The fraction of sp³-hybridized carbons (Fsp3) is 0.350. The van der Waals surface area contributed by atoms with E-state index in [0.717, 1.165) is 36.3 Å². The number of ether oxygens (including phenoxy) is 2. The van der Waals surface area contributed by atoms with Gasteiger partial charge in [-0.25, -0.2) is 8.78 Å². The highest BCUT2D eigenvalue weighted by atomic mass is 19.2. The minimum absolute atomic E-state index is 0.0890. The van der Waals surface area contributed by atoms with Gasteiger partial charge in [0.2, 0.25) is 0 Å². The van der Waals surface area contributed by atoms with Crippen LogP contribution in [0.2, 0.25) is 0 Å². The van der Waals surface area contributed by atoms with Crippen LogP contribution in [0.5, 0.6) is 5.75 Å². The van der Waals surface area contributed by atoms with E-state index in [-0.39, 0.29) is 11.0 Å². The van der Waals surface area contributed by atoms with Crippen molar-refractivity contribution in [1.29, 1.82) is 0 Å². The zero-order valence-electron chi connectivity index (χ0n) is 14.6. The van der Waals surface area contributed by atoms with Crippen LogP contribution in [0.3, 0.4) is 0 Å². The average molecular weight is 361 g/mol. The number of nitrogens with one attached hydrogen (secondary N) is 1. The fourth-order valence-corrected chi connectivity index (χ4v) is 3.38. The second-order valence-electron chi connectivity index (χ2n) is 6.40. The summed E-state index contributed by atoms with van der Waals surface area (Å²) in [4.78, 5) is 12.4. The molecule has 1 fully saturated rings. The van der Waals surface area contributed by atoms with Gasteiger partial charge in [0.25, 0.3) is 5.91 Å². The molecule has 1 heterocycles. The van der Waals surface area contributed by atoms with Crippen molar-refractivity contribution in [3.05, 3.63) is 65.2 Å². The van der Waals surface area contributed by atoms with Gasteiger partial charge in [-0.3, -0.25) is 4.79 Å². The summed E-state index contributed by atoms with van der Waals surface area (Å²) in [5.41, 5.74) is 0.765. The number of halogens is 2. The molecule has 0 spiro atoms. The molecule has 1 N–H and O–H groups in total. The Balaban J connectivity index is 1.83. The molecule has 0 radical (unpaired) electrons. The van der Waals surface area contributed by atoms with Gasteiger partial charge in [0.15, 0.2) is 11.6 Å². The van der Waals surface area contributed by atoms with E-state index in [9.17, 15) is 13.6 Å². The largest absolute Gasteiger partial charge is 0.496 e. The molecule has 2 aromatic carbocycles. The van der Waals surface area contributed by atoms with Crippen molar-refractivity contribution in [2.75, 3.05) is 26.9 Å². The molecule has 3 rings (SSSR count). The summed E-state index contributed by atoms with van der Waals surface area (Å²) in [5, 5.41) is 2.87. The maximum atomic E-state index is 13.4. The van der Waals surface area contributed by atoms with Gasteiger partial charge in [0.1, 0.15) is 5.75 Å². The van der Waals surface area contributed by atoms with Crippen molar-refractivity contribution >= 4 is 5.91 Å². The Morgan fingerprint density at radius 2 is 1.88 bits per heavy atom. The molecular formula is C20H21F2NO3. The van der Waals surface area contributed by atoms with E-state index < -0.39 is 17.5 Å². The third-order valence-corrected chi connectivity index (χ3v) is 4.90. The van der Waals surface area contributed by atoms with Crippen LogP contribution in [0.1, 0.15) is 28.8 Å². The molecular weight excluding hydrogens is 340 g/mol. The van der Waals surface area contributed by atoms with Gasteiger partial charge in [0, 0.05) is 36.3 Å². The van der Waals surface area contributed by atoms with Crippen LogP contribution < -0.4 is 10.1 Å². The minimum atomic E-state index is -1.04. The number of amides is 1. The number of hydrogen-bond donors (Lipinski definition) is 1. The van der Waals surface area contributed by atoms with Crippen LogP contribution in [0.4, 0.5) is 8.78 Å². The quantitative estimate of drug-likeness (QED) is 0.887. The summed E-state index contributed by atoms with van der Waals surface area (Å²) in [6, 6.07) is 10.9. The van der Waals surface area contributed by atoms with Gasteiger partial charge in [-0.15, -0.1) is 0 Å². The first-order valence-corrected chi connectivity index (χ1v) is 8.50. The lowest BCUT2D eigenvalue weighted by Crippen LogP contribution is -2.44. The molecule has 1 amide bonds. The number of carbonyl (C=O) groups is 1. The van der Waals surface area contributed by atoms with E-state index in [1.165, 1.54) is 6.07 Å². The number of para-hydroxylation sites is 1. The Hall–Kier alpha value is -2.47. The first-order chi connectivity index (χ1) is 12.6. The zero-order valence-corrected chi connectivity index (χ0v) is 14.6. The van der Waals surface area contributed by atoms with Gasteiger partial charge in [-0.2, -0.15) is 0 Å². The lowest BCUT2D eigenvalue weighted by Gasteiger charge is -2.38. The predicted molar refractivity (Wildman–Crippen MR) is 93.4 cm³/mol. The topological polar surface area (TPSA) is 47.6 Å². The molecule has 138 valence electrons. The van der Waals surface area contributed by atoms with Crippen molar-refractivity contribution in [1.82, 2.24) is 5.32 Å². The average Bonchev–Trinajstić information content (AvgIpc) is 2.69. The number of hydrogen-bond acceptors (Lipinski definition) is 3. The van der Waals surface area contributed by atoms with Crippen LogP contribution in [-0.2, 0) is 10.2 Å². The van der Waals surface area contributed by atoms with E-state index in [1.54, 1.807) is 7.11 Å². The normalized spacial score (nSPS) is 16.1. The van der Waals surface area contributed by atoms with Gasteiger partial charge >= 0.3 is 0 Å². The third-order valence-electron chi connectivity index (χ3n) is 4.90. The van der Waals surface area contributed by atoms with E-state index in [0.29, 0.717) is 19.8 Å². The molecule has 0 aromatic heterocycles. The molecule has 0 saturated carbocycles. The Kier molecular flexibility index (Phi) is 5.52. The van der Waals surface area contributed by atoms with Gasteiger partial charge in [0.05, 0.1) is 7.11 Å². The second kappa shape index (κ2) is 7.83. The fourth-order valence-electron chi connectivity index (χ4n) is 3.38. The van der Waals surface area contributed by atoms with E-state index >= 15 is 0 Å². The second-order valence-corrected chi connectivity index (χ2v) is 6.40. The molecule has 1 saturated heterocycles. The van der Waals surface area contributed by atoms with E-state index in [2.05, 4.69) is 5.32 Å². The summed E-state index contributed by atoms with van der Waals surface area (Å²) in [6.45, 7) is 1.52. The van der Waals surface area contributed by atoms with E-state index in [1.807, 2.05) is 24.3 Å². The molecule has 0 bridgehead atoms. The van der Waals surface area contributed by atoms with Crippen LogP contribution in [0, 0.1) is 11.6 Å². The van der Waals surface area contributed by atoms with Crippen LogP contribution in [0.25, 0.3) is 0 Å². The van der Waals surface area contributed by atoms with Crippen LogP contribution in [0.15, 0.2) is 42.5 Å². The molecule has 6 heteroatoms. The zero-order chi connectivity index (χ0) is 18.6. The molecule has 0 unspecified atom stereocenters. The molecule has 0 aliphatic carbocycles. The summed E-state index contributed by atoms with van der Waals surface area (Å²) < 4.78 is 37.5. The van der Waals surface area contributed by atoms with Gasteiger partial charge in [-0.05, 0) is 37.1 Å². The Labute approximate surface area is 151 Å². The molecule has 1 aliphatic heterocycles. The minimum Gasteiger partial charge on any atom is -0.496 e. The van der Waals surface area contributed by atoms with Crippen molar-refractivity contribution in [3.8, 4) is 5.75 Å². The SMILES string of the molecule is COc1ccccc1C1(CNC(=O)c2ccc(F)c(F)c2)CCOCC1. The first kappa shape index (κ1) is 18.3. The smallest absolute Gasteiger partial charge is 0.251 e. The highest BCUT2D eigenvalue weighted by molar-refractivity contribution is 5.94. The summed E-state index contributed by atoms with van der Waals surface area (Å²) in [6.07, 6.45) is 1.46. The van der Waals surface area contributed by atoms with Crippen molar-refractivity contribution in [2.24, 2.45) is 0 Å². The lowest BCUT2D eigenvalue weighted by atomic mass is 9.73. The third kappa shape index (κ3) is 3.70. The van der Waals surface area contributed by atoms with Crippen molar-refractivity contribution < 1.29 is 23.0 Å². The summed E-state index contributed by atoms with van der Waals surface area (Å²) in [5.74, 6) is -1.69. The van der Waals surface area contributed by atoms with Crippen LogP contribution >= 0.6 is 0 Å². The number of rotatable bonds is 5. The maximum Gasteiger partial charge on any atom is 0.251 e. The van der Waals surface area contributed by atoms with Crippen molar-refractivity contribution in [2.45, 2.75) is 18.3 Å². The monoisotopic (exact) mass is 361 g/mol. The highest BCUT2D eigenvalue weighted by Crippen LogP contribution is 2.39. The van der Waals surface area contributed by atoms with Crippen molar-refractivity contribution in [3.63, 3.8) is 0 Å². The Bertz CT molecular complexity index is 788. The Morgan fingerprint density at radius 1 is 1.15 bits per heavy atom. The maximum absolute atomic E-state index is 13.4. The number of benzene rings is 2. The summed E-state index contributed by atoms with van der Waals surface area (Å²) in [7, 11) is 1.62. The molecule has 0 atom stereocenters. The summed E-state index contributed by atoms with van der Waals surface area (Å²) >= 11 is 0. The Morgan fingerprint density at radius 3 is 2.58 bits per heavy atom. The molecule has 2 aromatic rings. The van der Waals surface area contributed by atoms with Crippen LogP contribution in [-0.4, -0.2) is 32.8 Å².